The van der Waals surface area contributed by atoms with Crippen LogP contribution in [0.3, 0.4) is 0 Å². The summed E-state index contributed by atoms with van der Waals surface area (Å²) in [6, 6.07) is 1.56. The predicted octanol–water partition coefficient (Wildman–Crippen LogP) is 0.849. The number of nitrogens with zero attached hydrogens (tertiary/aromatic N) is 1. The van der Waals surface area contributed by atoms with Crippen molar-refractivity contribution in [3.63, 3.8) is 0 Å². The molecule has 3 nitrogen and oxygen atoms in total. The van der Waals surface area contributed by atoms with Crippen LogP contribution in [0.25, 0.3) is 0 Å². The van der Waals surface area contributed by atoms with Gasteiger partial charge in [-0.15, -0.1) is 0 Å². The van der Waals surface area contributed by atoms with Crippen molar-refractivity contribution in [3.05, 3.63) is 0 Å². The van der Waals surface area contributed by atoms with E-state index in [1.165, 1.54) is 25.8 Å². The Balaban J connectivity index is 1.83. The van der Waals surface area contributed by atoms with Gasteiger partial charge in [0.25, 0.3) is 0 Å². The molecular formula is C11H22N2O. The highest BCUT2D eigenvalue weighted by Gasteiger charge is 2.26. The molecule has 2 saturated heterocycles. The minimum absolute atomic E-state index is 0.747. The van der Waals surface area contributed by atoms with Crippen molar-refractivity contribution >= 4 is 0 Å². The van der Waals surface area contributed by atoms with E-state index in [0.29, 0.717) is 0 Å². The van der Waals surface area contributed by atoms with E-state index in [0.717, 1.165) is 38.4 Å². The molecule has 0 radical (unpaired) electrons. The Morgan fingerprint density at radius 2 is 2.14 bits per heavy atom. The highest BCUT2D eigenvalue weighted by Crippen LogP contribution is 2.18. The van der Waals surface area contributed by atoms with E-state index in [-0.39, 0.29) is 0 Å². The van der Waals surface area contributed by atoms with Crippen LogP contribution in [-0.4, -0.2) is 49.8 Å². The second-order valence-corrected chi connectivity index (χ2v) is 4.39. The van der Waals surface area contributed by atoms with Crippen molar-refractivity contribution in [2.24, 2.45) is 0 Å². The largest absolute Gasteiger partial charge is 0.379 e. The number of hydrogen-bond acceptors (Lipinski definition) is 3. The fraction of sp³-hybridized carbons (Fsp3) is 1.00. The molecule has 0 aromatic rings. The van der Waals surface area contributed by atoms with Crippen LogP contribution in [0.5, 0.6) is 0 Å². The molecular weight excluding hydrogens is 176 g/mol. The van der Waals surface area contributed by atoms with Gasteiger partial charge in [0.2, 0.25) is 0 Å². The number of hydrogen-bond donors (Lipinski definition) is 1. The Bertz CT molecular complexity index is 169. The first-order valence-corrected chi connectivity index (χ1v) is 5.95. The van der Waals surface area contributed by atoms with Crippen LogP contribution in [0.1, 0.15) is 26.2 Å². The van der Waals surface area contributed by atoms with E-state index in [2.05, 4.69) is 17.1 Å². The van der Waals surface area contributed by atoms with Gasteiger partial charge in [0, 0.05) is 25.2 Å². The first-order valence-electron chi connectivity index (χ1n) is 5.95. The van der Waals surface area contributed by atoms with Crippen LogP contribution in [0, 0.1) is 0 Å². The molecule has 2 unspecified atom stereocenters. The van der Waals surface area contributed by atoms with E-state index in [1.807, 2.05) is 0 Å². The Hall–Kier alpha value is -0.120. The molecule has 0 spiro atoms. The van der Waals surface area contributed by atoms with Gasteiger partial charge in [-0.05, 0) is 25.8 Å². The van der Waals surface area contributed by atoms with E-state index in [4.69, 9.17) is 4.74 Å². The average Bonchev–Trinajstić information content (AvgIpc) is 2.30. The summed E-state index contributed by atoms with van der Waals surface area (Å²) < 4.78 is 5.39. The number of nitrogens with one attached hydrogen (secondary N) is 1. The second kappa shape index (κ2) is 5.10. The Morgan fingerprint density at radius 1 is 1.36 bits per heavy atom. The lowest BCUT2D eigenvalue weighted by molar-refractivity contribution is 0.00622. The molecule has 82 valence electrons. The van der Waals surface area contributed by atoms with Crippen LogP contribution >= 0.6 is 0 Å². The third kappa shape index (κ3) is 2.47. The first-order chi connectivity index (χ1) is 6.90. The Labute approximate surface area is 86.8 Å². The van der Waals surface area contributed by atoms with Crippen molar-refractivity contribution in [3.8, 4) is 0 Å². The maximum absolute atomic E-state index is 5.39. The number of morpholine rings is 1. The minimum Gasteiger partial charge on any atom is -0.379 e. The molecule has 1 N–H and O–H groups in total. The molecule has 2 atom stereocenters. The lowest BCUT2D eigenvalue weighted by Gasteiger charge is -2.39. The van der Waals surface area contributed by atoms with Gasteiger partial charge in [-0.2, -0.15) is 0 Å². The smallest absolute Gasteiger partial charge is 0.0594 e. The van der Waals surface area contributed by atoms with Crippen molar-refractivity contribution < 1.29 is 4.74 Å². The zero-order valence-electron chi connectivity index (χ0n) is 9.17. The van der Waals surface area contributed by atoms with Crippen molar-refractivity contribution in [1.29, 1.82) is 0 Å². The SMILES string of the molecule is CCC1CC(N2CCOCC2)CCN1. The number of rotatable bonds is 2. The van der Waals surface area contributed by atoms with Gasteiger partial charge in [-0.25, -0.2) is 0 Å². The van der Waals surface area contributed by atoms with Gasteiger partial charge in [-0.1, -0.05) is 6.92 Å². The van der Waals surface area contributed by atoms with Crippen LogP contribution < -0.4 is 5.32 Å². The predicted molar refractivity (Wildman–Crippen MR) is 57.5 cm³/mol. The molecule has 0 saturated carbocycles. The number of piperidine rings is 1. The first kappa shape index (κ1) is 10.4. The van der Waals surface area contributed by atoms with Gasteiger partial charge in [0.1, 0.15) is 0 Å². The molecule has 3 heteroatoms. The Morgan fingerprint density at radius 3 is 2.86 bits per heavy atom. The summed E-state index contributed by atoms with van der Waals surface area (Å²) in [5.74, 6) is 0. The minimum atomic E-state index is 0.747. The normalized spacial score (nSPS) is 35.8. The molecule has 14 heavy (non-hydrogen) atoms. The fourth-order valence-electron chi connectivity index (χ4n) is 2.57. The standard InChI is InChI=1S/C11H22N2O/c1-2-10-9-11(3-4-12-10)13-5-7-14-8-6-13/h10-12H,2-9H2,1H3. The van der Waals surface area contributed by atoms with Crippen LogP contribution in [0.2, 0.25) is 0 Å². The van der Waals surface area contributed by atoms with Gasteiger partial charge in [0.15, 0.2) is 0 Å². The van der Waals surface area contributed by atoms with Crippen LogP contribution in [-0.2, 0) is 4.74 Å². The summed E-state index contributed by atoms with van der Waals surface area (Å²) in [7, 11) is 0. The second-order valence-electron chi connectivity index (χ2n) is 4.39. The summed E-state index contributed by atoms with van der Waals surface area (Å²) >= 11 is 0. The highest BCUT2D eigenvalue weighted by molar-refractivity contribution is 4.84. The molecule has 2 aliphatic rings. The summed E-state index contributed by atoms with van der Waals surface area (Å²) in [6.07, 6.45) is 3.91. The monoisotopic (exact) mass is 198 g/mol. The molecule has 0 aromatic carbocycles. The summed E-state index contributed by atoms with van der Waals surface area (Å²) in [6.45, 7) is 7.61. The lowest BCUT2D eigenvalue weighted by Crippen LogP contribution is -2.51. The topological polar surface area (TPSA) is 24.5 Å². The van der Waals surface area contributed by atoms with Crippen molar-refractivity contribution in [2.75, 3.05) is 32.8 Å². The van der Waals surface area contributed by atoms with Gasteiger partial charge < -0.3 is 10.1 Å². The average molecular weight is 198 g/mol. The van der Waals surface area contributed by atoms with Crippen molar-refractivity contribution in [1.82, 2.24) is 10.2 Å². The molecule has 2 heterocycles. The third-order valence-electron chi connectivity index (χ3n) is 3.52. The van der Waals surface area contributed by atoms with Crippen LogP contribution in [0.15, 0.2) is 0 Å². The number of ether oxygens (including phenoxy) is 1. The molecule has 2 aliphatic heterocycles. The van der Waals surface area contributed by atoms with Gasteiger partial charge in [-0.3, -0.25) is 4.90 Å². The van der Waals surface area contributed by atoms with E-state index in [1.54, 1.807) is 0 Å². The molecule has 2 fully saturated rings. The van der Waals surface area contributed by atoms with Gasteiger partial charge >= 0.3 is 0 Å². The third-order valence-corrected chi connectivity index (χ3v) is 3.52. The zero-order chi connectivity index (χ0) is 9.80. The summed E-state index contributed by atoms with van der Waals surface area (Å²) in [5.41, 5.74) is 0. The molecule has 0 bridgehead atoms. The molecule has 0 aliphatic carbocycles. The van der Waals surface area contributed by atoms with Gasteiger partial charge in [0.05, 0.1) is 13.2 Å². The Kier molecular flexibility index (Phi) is 3.79. The van der Waals surface area contributed by atoms with Crippen molar-refractivity contribution in [2.45, 2.75) is 38.3 Å². The van der Waals surface area contributed by atoms with E-state index < -0.39 is 0 Å². The van der Waals surface area contributed by atoms with E-state index >= 15 is 0 Å². The van der Waals surface area contributed by atoms with E-state index in [9.17, 15) is 0 Å². The highest BCUT2D eigenvalue weighted by atomic mass is 16.5. The quantitative estimate of drug-likeness (QED) is 0.712. The molecule has 0 aromatic heterocycles. The summed E-state index contributed by atoms with van der Waals surface area (Å²) in [5, 5.41) is 3.58. The maximum atomic E-state index is 5.39. The zero-order valence-corrected chi connectivity index (χ0v) is 9.17. The summed E-state index contributed by atoms with van der Waals surface area (Å²) in [4.78, 5) is 2.62. The molecule has 0 amide bonds. The fourth-order valence-corrected chi connectivity index (χ4v) is 2.57. The maximum Gasteiger partial charge on any atom is 0.0594 e. The van der Waals surface area contributed by atoms with Crippen LogP contribution in [0.4, 0.5) is 0 Å². The molecule has 2 rings (SSSR count). The lowest BCUT2D eigenvalue weighted by atomic mass is 9.96.